The number of nitrogens with zero attached hydrogens (tertiary/aromatic N) is 1. The van der Waals surface area contributed by atoms with Gasteiger partial charge < -0.3 is 9.64 Å². The van der Waals surface area contributed by atoms with E-state index in [1.807, 2.05) is 0 Å². The van der Waals surface area contributed by atoms with Crippen molar-refractivity contribution in [3.63, 3.8) is 0 Å². The molecule has 0 radical (unpaired) electrons. The number of esters is 1. The first-order valence-corrected chi connectivity index (χ1v) is 5.02. The fourth-order valence-electron chi connectivity index (χ4n) is 1.02. The lowest BCUT2D eigenvalue weighted by molar-refractivity contribution is -0.345. The molecule has 0 aliphatic heterocycles. The molecule has 4 nitrogen and oxygen atoms in total. The van der Waals surface area contributed by atoms with Gasteiger partial charge in [0.25, 0.3) is 5.91 Å². The van der Waals surface area contributed by atoms with Gasteiger partial charge in [0.05, 0.1) is 6.61 Å². The minimum Gasteiger partial charge on any atom is -0.465 e. The van der Waals surface area contributed by atoms with Gasteiger partial charge in [-0.3, -0.25) is 9.59 Å². The lowest BCUT2D eigenvalue weighted by atomic mass is 10.1. The van der Waals surface area contributed by atoms with E-state index in [1.165, 1.54) is 6.92 Å². The maximum atomic E-state index is 13.0. The van der Waals surface area contributed by atoms with Crippen LogP contribution >= 0.6 is 0 Å². The van der Waals surface area contributed by atoms with Gasteiger partial charge in [0.2, 0.25) is 0 Å². The van der Waals surface area contributed by atoms with E-state index in [-0.39, 0.29) is 11.5 Å². The van der Waals surface area contributed by atoms with Crippen molar-refractivity contribution in [1.82, 2.24) is 4.90 Å². The van der Waals surface area contributed by atoms with Crippen LogP contribution in [-0.4, -0.2) is 55.0 Å². The zero-order valence-electron chi connectivity index (χ0n) is 10.2. The standard InChI is InChI=1S/C9H10F7NO3/c1-3-20-5(18)4-17(2)6(19)7(10,11)8(12,13)9(14,15)16/h3-4H2,1-2H3. The van der Waals surface area contributed by atoms with Crippen LogP contribution in [0.5, 0.6) is 0 Å². The molecule has 0 bridgehead atoms. The molecule has 11 heteroatoms. The number of carbonyl (C=O) groups is 2. The maximum absolute atomic E-state index is 13.0. The Morgan fingerprint density at radius 2 is 1.50 bits per heavy atom. The van der Waals surface area contributed by atoms with E-state index in [9.17, 15) is 40.3 Å². The summed E-state index contributed by atoms with van der Waals surface area (Å²) in [7, 11) is 0.472. The van der Waals surface area contributed by atoms with Crippen LogP contribution in [0.2, 0.25) is 0 Å². The SMILES string of the molecule is CCOC(=O)CN(C)C(=O)C(F)(F)C(F)(F)C(F)(F)F. The van der Waals surface area contributed by atoms with Gasteiger partial charge in [-0.2, -0.15) is 30.7 Å². The van der Waals surface area contributed by atoms with Crippen LogP contribution in [-0.2, 0) is 14.3 Å². The Morgan fingerprint density at radius 1 is 1.05 bits per heavy atom. The molecule has 20 heavy (non-hydrogen) atoms. The highest BCUT2D eigenvalue weighted by Crippen LogP contribution is 2.47. The molecule has 0 aliphatic carbocycles. The average molecular weight is 313 g/mol. The molecule has 0 aromatic carbocycles. The largest absolute Gasteiger partial charge is 0.465 e. The second kappa shape index (κ2) is 5.83. The van der Waals surface area contributed by atoms with Crippen LogP contribution < -0.4 is 0 Å². The van der Waals surface area contributed by atoms with E-state index in [4.69, 9.17) is 0 Å². The first-order valence-electron chi connectivity index (χ1n) is 5.02. The minimum absolute atomic E-state index is 0.185. The molecule has 0 heterocycles. The molecule has 0 saturated heterocycles. The minimum atomic E-state index is -6.61. The van der Waals surface area contributed by atoms with Crippen LogP contribution in [0, 0.1) is 0 Å². The zero-order valence-corrected chi connectivity index (χ0v) is 10.2. The lowest BCUT2D eigenvalue weighted by Crippen LogP contribution is -2.60. The van der Waals surface area contributed by atoms with Gasteiger partial charge in [0.1, 0.15) is 6.54 Å². The third-order valence-corrected chi connectivity index (χ3v) is 2.04. The monoisotopic (exact) mass is 313 g/mol. The number of hydrogen-bond donors (Lipinski definition) is 0. The zero-order chi connectivity index (χ0) is 16.4. The third kappa shape index (κ3) is 3.51. The summed E-state index contributed by atoms with van der Waals surface area (Å²) in [4.78, 5) is 21.6. The molecular weight excluding hydrogens is 303 g/mol. The highest BCUT2D eigenvalue weighted by Gasteiger charge is 2.76. The molecule has 118 valence electrons. The van der Waals surface area contributed by atoms with Crippen LogP contribution in [0.1, 0.15) is 6.92 Å². The average Bonchev–Trinajstić information content (AvgIpc) is 2.26. The van der Waals surface area contributed by atoms with Crippen molar-refractivity contribution in [2.24, 2.45) is 0 Å². The van der Waals surface area contributed by atoms with E-state index >= 15 is 0 Å². The number of ether oxygens (including phenoxy) is 1. The van der Waals surface area contributed by atoms with E-state index in [2.05, 4.69) is 4.74 Å². The first kappa shape index (κ1) is 18.4. The highest BCUT2D eigenvalue weighted by atomic mass is 19.4. The van der Waals surface area contributed by atoms with E-state index < -0.39 is 36.4 Å². The normalized spacial score (nSPS) is 13.1. The van der Waals surface area contributed by atoms with Gasteiger partial charge in [0, 0.05) is 7.05 Å². The lowest BCUT2D eigenvalue weighted by Gasteiger charge is -2.29. The molecule has 0 aliphatic rings. The number of hydrogen-bond acceptors (Lipinski definition) is 3. The predicted molar refractivity (Wildman–Crippen MR) is 50.2 cm³/mol. The summed E-state index contributed by atoms with van der Waals surface area (Å²) in [6, 6.07) is 0. The molecule has 0 spiro atoms. The summed E-state index contributed by atoms with van der Waals surface area (Å²) in [6.45, 7) is -0.0295. The molecule has 0 atom stereocenters. The predicted octanol–water partition coefficient (Wildman–Crippen LogP) is 1.84. The van der Waals surface area contributed by atoms with Crippen molar-refractivity contribution in [3.8, 4) is 0 Å². The summed E-state index contributed by atoms with van der Waals surface area (Å²) < 4.78 is 90.8. The molecule has 1 amide bonds. The Morgan fingerprint density at radius 3 is 1.85 bits per heavy atom. The van der Waals surface area contributed by atoms with Crippen LogP contribution in [0.3, 0.4) is 0 Å². The van der Waals surface area contributed by atoms with Gasteiger partial charge in [-0.25, -0.2) is 0 Å². The number of amides is 1. The van der Waals surface area contributed by atoms with Crippen LogP contribution in [0.15, 0.2) is 0 Å². The van der Waals surface area contributed by atoms with Gasteiger partial charge >= 0.3 is 24.0 Å². The van der Waals surface area contributed by atoms with Gasteiger partial charge in [-0.1, -0.05) is 0 Å². The molecule has 0 fully saturated rings. The van der Waals surface area contributed by atoms with Crippen molar-refractivity contribution in [2.45, 2.75) is 24.9 Å². The highest BCUT2D eigenvalue weighted by molar-refractivity contribution is 5.87. The van der Waals surface area contributed by atoms with E-state index in [1.54, 1.807) is 0 Å². The number of alkyl halides is 7. The maximum Gasteiger partial charge on any atom is 0.460 e. The topological polar surface area (TPSA) is 46.6 Å². The first-order chi connectivity index (χ1) is 8.79. The summed E-state index contributed by atoms with van der Waals surface area (Å²) >= 11 is 0. The molecule has 0 unspecified atom stereocenters. The second-order valence-corrected chi connectivity index (χ2v) is 3.61. The van der Waals surface area contributed by atoms with Gasteiger partial charge in [0.15, 0.2) is 0 Å². The Labute approximate surface area is 108 Å². The third-order valence-electron chi connectivity index (χ3n) is 2.04. The molecule has 0 aromatic heterocycles. The summed E-state index contributed by atoms with van der Waals surface area (Å²) in [5, 5.41) is 0. The van der Waals surface area contributed by atoms with Crippen molar-refractivity contribution in [1.29, 1.82) is 0 Å². The number of carbonyl (C=O) groups excluding carboxylic acids is 2. The fourth-order valence-corrected chi connectivity index (χ4v) is 1.02. The van der Waals surface area contributed by atoms with Crippen LogP contribution in [0.4, 0.5) is 30.7 Å². The Kier molecular flexibility index (Phi) is 5.38. The molecular formula is C9H10F7NO3. The molecule has 0 saturated carbocycles. The summed E-state index contributed by atoms with van der Waals surface area (Å²) in [6.07, 6.45) is -6.61. The van der Waals surface area contributed by atoms with Crippen molar-refractivity contribution >= 4 is 11.9 Å². The Balaban J connectivity index is 5.12. The van der Waals surface area contributed by atoms with Gasteiger partial charge in [-0.05, 0) is 6.92 Å². The number of rotatable bonds is 5. The fraction of sp³-hybridized carbons (Fsp3) is 0.778. The summed E-state index contributed by atoms with van der Waals surface area (Å²) in [5.74, 6) is -16.7. The smallest absolute Gasteiger partial charge is 0.460 e. The molecule has 0 rings (SSSR count). The van der Waals surface area contributed by atoms with E-state index in [0.717, 1.165) is 0 Å². The van der Waals surface area contributed by atoms with Gasteiger partial charge in [-0.15, -0.1) is 0 Å². The summed E-state index contributed by atoms with van der Waals surface area (Å²) in [5.41, 5.74) is 0. The van der Waals surface area contributed by atoms with Crippen molar-refractivity contribution < 1.29 is 45.1 Å². The van der Waals surface area contributed by atoms with Crippen molar-refractivity contribution in [3.05, 3.63) is 0 Å². The van der Waals surface area contributed by atoms with Crippen molar-refractivity contribution in [2.75, 3.05) is 20.2 Å². The van der Waals surface area contributed by atoms with E-state index in [0.29, 0.717) is 7.05 Å². The number of halogens is 7. The molecule has 0 N–H and O–H groups in total. The Bertz CT molecular complexity index is 380. The second-order valence-electron chi connectivity index (χ2n) is 3.61. The quantitative estimate of drug-likeness (QED) is 0.575. The molecule has 0 aromatic rings. The Hall–Kier alpha value is -1.55. The number of likely N-dealkylation sites (N-methyl/N-ethyl adjacent to an activating group) is 1. The van der Waals surface area contributed by atoms with Crippen LogP contribution in [0.25, 0.3) is 0 Å².